The van der Waals surface area contributed by atoms with E-state index in [0.717, 1.165) is 12.2 Å². The second-order valence-electron chi connectivity index (χ2n) is 1.83. The topological polar surface area (TPSA) is 66.7 Å². The molecule has 0 saturated heterocycles. The van der Waals surface area contributed by atoms with Crippen LogP contribution in [-0.2, 0) is 6.54 Å². The molecule has 0 fully saturated rings. The van der Waals surface area contributed by atoms with Crippen molar-refractivity contribution >= 4 is 5.69 Å². The average molecular weight is 126 g/mol. The minimum atomic E-state index is 0.712. The first-order valence-electron chi connectivity index (χ1n) is 2.77. The van der Waals surface area contributed by atoms with Gasteiger partial charge in [-0.05, 0) is 7.05 Å². The molecule has 0 unspecified atom stereocenters. The number of aromatic amines is 1. The van der Waals surface area contributed by atoms with Crippen LogP contribution in [0.1, 0.15) is 5.69 Å². The summed E-state index contributed by atoms with van der Waals surface area (Å²) in [4.78, 5) is 0. The Balaban J connectivity index is 2.69. The summed E-state index contributed by atoms with van der Waals surface area (Å²) in [5.74, 6) is 0. The summed E-state index contributed by atoms with van der Waals surface area (Å²) in [6.07, 6.45) is 1.60. The zero-order valence-electron chi connectivity index (χ0n) is 5.31. The lowest BCUT2D eigenvalue weighted by Gasteiger charge is -1.94. The maximum atomic E-state index is 5.49. The summed E-state index contributed by atoms with van der Waals surface area (Å²) in [5.41, 5.74) is 7.15. The van der Waals surface area contributed by atoms with Crippen molar-refractivity contribution in [3.8, 4) is 0 Å². The summed E-state index contributed by atoms with van der Waals surface area (Å²) >= 11 is 0. The van der Waals surface area contributed by atoms with Gasteiger partial charge in [0, 0.05) is 6.54 Å². The number of nitrogens with one attached hydrogen (secondary N) is 2. The zero-order valence-corrected chi connectivity index (χ0v) is 5.31. The standard InChI is InChI=1S/C5H10N4/c1-7-3-5-4(6)2-8-9-5/h2,7H,3,6H2,1H3,(H,8,9). The lowest BCUT2D eigenvalue weighted by Crippen LogP contribution is -2.07. The summed E-state index contributed by atoms with van der Waals surface area (Å²) in [5, 5.41) is 9.48. The van der Waals surface area contributed by atoms with Crippen LogP contribution in [-0.4, -0.2) is 17.2 Å². The van der Waals surface area contributed by atoms with Gasteiger partial charge in [0.1, 0.15) is 0 Å². The molecule has 4 nitrogen and oxygen atoms in total. The van der Waals surface area contributed by atoms with E-state index < -0.39 is 0 Å². The smallest absolute Gasteiger partial charge is 0.0743 e. The fraction of sp³-hybridized carbons (Fsp3) is 0.400. The van der Waals surface area contributed by atoms with E-state index in [1.807, 2.05) is 7.05 Å². The molecule has 0 aliphatic carbocycles. The first-order valence-corrected chi connectivity index (χ1v) is 2.77. The van der Waals surface area contributed by atoms with E-state index in [-0.39, 0.29) is 0 Å². The summed E-state index contributed by atoms with van der Waals surface area (Å²) < 4.78 is 0. The van der Waals surface area contributed by atoms with Crippen LogP contribution in [0.5, 0.6) is 0 Å². The fourth-order valence-electron chi connectivity index (χ4n) is 0.641. The minimum Gasteiger partial charge on any atom is -0.396 e. The van der Waals surface area contributed by atoms with Crippen molar-refractivity contribution in [2.45, 2.75) is 6.54 Å². The molecule has 0 radical (unpaired) electrons. The van der Waals surface area contributed by atoms with Crippen LogP contribution in [0, 0.1) is 0 Å². The van der Waals surface area contributed by atoms with E-state index in [4.69, 9.17) is 5.73 Å². The Bertz CT molecular complexity index is 181. The van der Waals surface area contributed by atoms with Gasteiger partial charge in [-0.15, -0.1) is 0 Å². The van der Waals surface area contributed by atoms with Gasteiger partial charge in [-0.1, -0.05) is 0 Å². The summed E-state index contributed by atoms with van der Waals surface area (Å²) in [6.45, 7) is 0.742. The van der Waals surface area contributed by atoms with Crippen LogP contribution in [0.15, 0.2) is 6.20 Å². The number of rotatable bonds is 2. The molecule has 0 amide bonds. The lowest BCUT2D eigenvalue weighted by atomic mass is 10.4. The highest BCUT2D eigenvalue weighted by atomic mass is 15.1. The molecule has 0 saturated carbocycles. The molecule has 4 heteroatoms. The zero-order chi connectivity index (χ0) is 6.69. The van der Waals surface area contributed by atoms with Crippen LogP contribution in [0.4, 0.5) is 5.69 Å². The monoisotopic (exact) mass is 126 g/mol. The van der Waals surface area contributed by atoms with Gasteiger partial charge in [0.05, 0.1) is 17.6 Å². The molecular formula is C5H10N4. The average Bonchev–Trinajstić information content (AvgIpc) is 2.18. The maximum Gasteiger partial charge on any atom is 0.0743 e. The van der Waals surface area contributed by atoms with Gasteiger partial charge in [0.15, 0.2) is 0 Å². The lowest BCUT2D eigenvalue weighted by molar-refractivity contribution is 0.786. The molecular weight excluding hydrogens is 116 g/mol. The highest BCUT2D eigenvalue weighted by molar-refractivity contribution is 5.39. The SMILES string of the molecule is CNCc1[nH]ncc1N. The molecule has 1 heterocycles. The number of nitrogens with zero attached hydrogens (tertiary/aromatic N) is 1. The molecule has 0 aliphatic heterocycles. The van der Waals surface area contributed by atoms with E-state index in [9.17, 15) is 0 Å². The van der Waals surface area contributed by atoms with E-state index in [0.29, 0.717) is 5.69 Å². The molecule has 0 atom stereocenters. The number of anilines is 1. The predicted octanol–water partition coefficient (Wildman–Crippen LogP) is -0.289. The summed E-state index contributed by atoms with van der Waals surface area (Å²) in [7, 11) is 1.86. The molecule has 4 N–H and O–H groups in total. The quantitative estimate of drug-likeness (QED) is 0.510. The third kappa shape index (κ3) is 1.20. The highest BCUT2D eigenvalue weighted by Gasteiger charge is 1.96. The molecule has 0 spiro atoms. The van der Waals surface area contributed by atoms with Gasteiger partial charge in [-0.2, -0.15) is 5.10 Å². The number of hydrogen-bond donors (Lipinski definition) is 3. The van der Waals surface area contributed by atoms with Crippen molar-refractivity contribution in [1.29, 1.82) is 0 Å². The first-order chi connectivity index (χ1) is 4.34. The molecule has 1 rings (SSSR count). The van der Waals surface area contributed by atoms with Crippen molar-refractivity contribution in [3.05, 3.63) is 11.9 Å². The van der Waals surface area contributed by atoms with Gasteiger partial charge in [0.2, 0.25) is 0 Å². The molecule has 9 heavy (non-hydrogen) atoms. The van der Waals surface area contributed by atoms with E-state index in [1.54, 1.807) is 6.20 Å². The van der Waals surface area contributed by atoms with Crippen LogP contribution < -0.4 is 11.1 Å². The highest BCUT2D eigenvalue weighted by Crippen LogP contribution is 2.03. The predicted molar refractivity (Wildman–Crippen MR) is 35.8 cm³/mol. The Labute approximate surface area is 53.4 Å². The second-order valence-corrected chi connectivity index (χ2v) is 1.83. The van der Waals surface area contributed by atoms with E-state index in [2.05, 4.69) is 15.5 Å². The van der Waals surface area contributed by atoms with Gasteiger partial charge in [-0.3, -0.25) is 5.10 Å². The van der Waals surface area contributed by atoms with E-state index >= 15 is 0 Å². The second kappa shape index (κ2) is 2.50. The fourth-order valence-corrected chi connectivity index (χ4v) is 0.641. The minimum absolute atomic E-state index is 0.712. The van der Waals surface area contributed by atoms with Crippen molar-refractivity contribution < 1.29 is 0 Å². The third-order valence-electron chi connectivity index (χ3n) is 1.11. The van der Waals surface area contributed by atoms with Crippen molar-refractivity contribution in [2.24, 2.45) is 0 Å². The number of nitrogens with two attached hydrogens (primary N) is 1. The normalized spacial score (nSPS) is 9.89. The van der Waals surface area contributed by atoms with Crippen molar-refractivity contribution in [3.63, 3.8) is 0 Å². The Hall–Kier alpha value is -1.03. The number of aromatic nitrogens is 2. The first kappa shape index (κ1) is 6.10. The third-order valence-corrected chi connectivity index (χ3v) is 1.11. The van der Waals surface area contributed by atoms with Gasteiger partial charge >= 0.3 is 0 Å². The van der Waals surface area contributed by atoms with Crippen LogP contribution in [0.2, 0.25) is 0 Å². The number of nitrogen functional groups attached to an aromatic ring is 1. The molecule has 1 aromatic rings. The molecule has 0 aliphatic rings. The van der Waals surface area contributed by atoms with Crippen LogP contribution in [0.25, 0.3) is 0 Å². The molecule has 0 aromatic carbocycles. The van der Waals surface area contributed by atoms with Crippen molar-refractivity contribution in [1.82, 2.24) is 15.5 Å². The van der Waals surface area contributed by atoms with Crippen molar-refractivity contribution in [2.75, 3.05) is 12.8 Å². The summed E-state index contributed by atoms with van der Waals surface area (Å²) in [6, 6.07) is 0. The number of hydrogen-bond acceptors (Lipinski definition) is 3. The largest absolute Gasteiger partial charge is 0.396 e. The van der Waals surface area contributed by atoms with Crippen LogP contribution >= 0.6 is 0 Å². The van der Waals surface area contributed by atoms with E-state index in [1.165, 1.54) is 0 Å². The maximum absolute atomic E-state index is 5.49. The molecule has 1 aromatic heterocycles. The van der Waals surface area contributed by atoms with Crippen LogP contribution in [0.3, 0.4) is 0 Å². The molecule has 50 valence electrons. The Kier molecular flexibility index (Phi) is 1.69. The number of H-pyrrole nitrogens is 1. The Morgan fingerprint density at radius 3 is 3.11 bits per heavy atom. The Morgan fingerprint density at radius 2 is 2.67 bits per heavy atom. The Morgan fingerprint density at radius 1 is 1.89 bits per heavy atom. The van der Waals surface area contributed by atoms with Gasteiger partial charge in [-0.25, -0.2) is 0 Å². The van der Waals surface area contributed by atoms with Gasteiger partial charge in [0.25, 0.3) is 0 Å². The molecule has 0 bridgehead atoms. The van der Waals surface area contributed by atoms with Gasteiger partial charge < -0.3 is 11.1 Å².